The summed E-state index contributed by atoms with van der Waals surface area (Å²) in [5.74, 6) is -0.0690. The van der Waals surface area contributed by atoms with Gasteiger partial charge in [-0.25, -0.2) is 4.98 Å². The second-order valence-electron chi connectivity index (χ2n) is 6.42. The Kier molecular flexibility index (Phi) is 4.35. The van der Waals surface area contributed by atoms with Crippen LogP contribution in [0.15, 0.2) is 66.9 Å². The molecule has 26 heavy (non-hydrogen) atoms. The highest BCUT2D eigenvalue weighted by Gasteiger charge is 2.31. The van der Waals surface area contributed by atoms with Crippen LogP contribution in [0.2, 0.25) is 5.02 Å². The first-order valence-electron chi connectivity index (χ1n) is 8.52. The predicted octanol–water partition coefficient (Wildman–Crippen LogP) is 5.07. The van der Waals surface area contributed by atoms with Gasteiger partial charge in [-0.15, -0.1) is 0 Å². The minimum absolute atomic E-state index is 0.0690. The van der Waals surface area contributed by atoms with Crippen molar-refractivity contribution < 1.29 is 4.79 Å². The van der Waals surface area contributed by atoms with Crippen molar-refractivity contribution in [2.45, 2.75) is 19.4 Å². The summed E-state index contributed by atoms with van der Waals surface area (Å²) in [6, 6.07) is 19.2. The van der Waals surface area contributed by atoms with Crippen LogP contribution < -0.4 is 10.2 Å². The number of aromatic nitrogens is 1. The molecule has 4 nitrogen and oxygen atoms in total. The molecule has 1 amide bonds. The molecule has 5 heteroatoms. The molecule has 1 N–H and O–H groups in total. The van der Waals surface area contributed by atoms with Crippen LogP contribution in [0.4, 0.5) is 17.1 Å². The Labute approximate surface area is 157 Å². The Morgan fingerprint density at radius 3 is 2.54 bits per heavy atom. The van der Waals surface area contributed by atoms with Crippen LogP contribution in [0.3, 0.4) is 0 Å². The maximum Gasteiger partial charge on any atom is 0.277 e. The molecule has 1 atom stereocenters. The lowest BCUT2D eigenvalue weighted by atomic mass is 10.1. The molecule has 1 aliphatic heterocycles. The number of hydrogen-bond acceptors (Lipinski definition) is 3. The Balaban J connectivity index is 1.53. The van der Waals surface area contributed by atoms with Crippen molar-refractivity contribution in [2.24, 2.45) is 0 Å². The third-order valence-corrected chi connectivity index (χ3v) is 4.79. The summed E-state index contributed by atoms with van der Waals surface area (Å²) in [5, 5.41) is 3.93. The smallest absolute Gasteiger partial charge is 0.277 e. The van der Waals surface area contributed by atoms with E-state index in [4.69, 9.17) is 11.6 Å². The number of carbonyl (C=O) groups excluding carboxylic acids is 1. The molecule has 130 valence electrons. The third-order valence-electron chi connectivity index (χ3n) is 4.54. The molecule has 1 aliphatic rings. The van der Waals surface area contributed by atoms with Crippen LogP contribution in [0, 0.1) is 0 Å². The SMILES string of the molecule is CC1Cc2ccccc2N1C(=O)c1ccc(Nc2ccc(Cl)cc2)cn1. The Morgan fingerprint density at radius 2 is 1.81 bits per heavy atom. The quantitative estimate of drug-likeness (QED) is 0.706. The average Bonchev–Trinajstić information content (AvgIpc) is 2.99. The topological polar surface area (TPSA) is 45.2 Å². The minimum atomic E-state index is -0.0690. The fraction of sp³-hybridized carbons (Fsp3) is 0.143. The molecule has 2 heterocycles. The number of pyridine rings is 1. The number of hydrogen-bond donors (Lipinski definition) is 1. The number of amides is 1. The zero-order chi connectivity index (χ0) is 18.1. The van der Waals surface area contributed by atoms with E-state index in [1.165, 1.54) is 5.56 Å². The van der Waals surface area contributed by atoms with Gasteiger partial charge in [0.1, 0.15) is 5.69 Å². The standard InChI is InChI=1S/C21H18ClN3O/c1-14-12-15-4-2-3-5-20(15)25(14)21(26)19-11-10-18(13-23-19)24-17-8-6-16(22)7-9-17/h2-11,13-14,24H,12H2,1H3. The zero-order valence-corrected chi connectivity index (χ0v) is 15.1. The van der Waals surface area contributed by atoms with E-state index in [9.17, 15) is 4.79 Å². The molecule has 0 radical (unpaired) electrons. The van der Waals surface area contributed by atoms with Gasteiger partial charge in [-0.05, 0) is 61.4 Å². The van der Waals surface area contributed by atoms with Crippen LogP contribution in [0.5, 0.6) is 0 Å². The van der Waals surface area contributed by atoms with E-state index in [1.807, 2.05) is 53.4 Å². The third kappa shape index (κ3) is 3.16. The molecule has 0 fully saturated rings. The lowest BCUT2D eigenvalue weighted by Gasteiger charge is -2.22. The fourth-order valence-electron chi connectivity index (χ4n) is 3.29. The first kappa shape index (κ1) is 16.6. The summed E-state index contributed by atoms with van der Waals surface area (Å²) in [6.45, 7) is 2.06. The molecule has 0 saturated carbocycles. The Bertz CT molecular complexity index is 938. The zero-order valence-electron chi connectivity index (χ0n) is 14.3. The molecule has 4 rings (SSSR count). The van der Waals surface area contributed by atoms with Crippen LogP contribution in [0.25, 0.3) is 0 Å². The second-order valence-corrected chi connectivity index (χ2v) is 6.86. The number of fused-ring (bicyclic) bond motifs is 1. The number of nitrogens with zero attached hydrogens (tertiary/aromatic N) is 2. The molecule has 1 unspecified atom stereocenters. The van der Waals surface area contributed by atoms with Crippen molar-refractivity contribution in [1.82, 2.24) is 4.98 Å². The predicted molar refractivity (Wildman–Crippen MR) is 105 cm³/mol. The molecular formula is C21H18ClN3O. The van der Waals surface area contributed by atoms with E-state index >= 15 is 0 Å². The highest BCUT2D eigenvalue weighted by atomic mass is 35.5. The lowest BCUT2D eigenvalue weighted by molar-refractivity contribution is 0.0976. The Hall–Kier alpha value is -2.85. The molecule has 0 aliphatic carbocycles. The number of benzene rings is 2. The second kappa shape index (κ2) is 6.81. The van der Waals surface area contributed by atoms with Gasteiger partial charge in [-0.3, -0.25) is 4.79 Å². The minimum Gasteiger partial charge on any atom is -0.354 e. The number of carbonyl (C=O) groups is 1. The summed E-state index contributed by atoms with van der Waals surface area (Å²) in [5.41, 5.74) is 4.36. The molecular weight excluding hydrogens is 346 g/mol. The van der Waals surface area contributed by atoms with Crippen LogP contribution >= 0.6 is 11.6 Å². The van der Waals surface area contributed by atoms with Gasteiger partial charge >= 0.3 is 0 Å². The summed E-state index contributed by atoms with van der Waals surface area (Å²) >= 11 is 5.90. The number of nitrogens with one attached hydrogen (secondary N) is 1. The fourth-order valence-corrected chi connectivity index (χ4v) is 3.42. The maximum atomic E-state index is 13.0. The summed E-state index contributed by atoms with van der Waals surface area (Å²) in [7, 11) is 0. The highest BCUT2D eigenvalue weighted by molar-refractivity contribution is 6.30. The lowest BCUT2D eigenvalue weighted by Crippen LogP contribution is -2.36. The highest BCUT2D eigenvalue weighted by Crippen LogP contribution is 2.32. The normalized spacial score (nSPS) is 15.6. The summed E-state index contributed by atoms with van der Waals surface area (Å²) < 4.78 is 0. The van der Waals surface area contributed by atoms with E-state index in [0.29, 0.717) is 10.7 Å². The molecule has 0 spiro atoms. The van der Waals surface area contributed by atoms with E-state index in [0.717, 1.165) is 23.5 Å². The Morgan fingerprint density at radius 1 is 1.08 bits per heavy atom. The molecule has 3 aromatic rings. The van der Waals surface area contributed by atoms with Crippen molar-refractivity contribution in [3.8, 4) is 0 Å². The van der Waals surface area contributed by atoms with Crippen molar-refractivity contribution in [1.29, 1.82) is 0 Å². The van der Waals surface area contributed by atoms with Crippen molar-refractivity contribution >= 4 is 34.6 Å². The van der Waals surface area contributed by atoms with Crippen LogP contribution in [-0.2, 0) is 6.42 Å². The summed E-state index contributed by atoms with van der Waals surface area (Å²) in [4.78, 5) is 19.2. The maximum absolute atomic E-state index is 13.0. The van der Waals surface area contributed by atoms with Gasteiger partial charge in [0.15, 0.2) is 0 Å². The van der Waals surface area contributed by atoms with Gasteiger partial charge in [0, 0.05) is 22.4 Å². The van der Waals surface area contributed by atoms with E-state index < -0.39 is 0 Å². The van der Waals surface area contributed by atoms with Gasteiger partial charge in [-0.1, -0.05) is 29.8 Å². The first-order valence-corrected chi connectivity index (χ1v) is 8.90. The molecule has 1 aromatic heterocycles. The van der Waals surface area contributed by atoms with Crippen molar-refractivity contribution in [3.63, 3.8) is 0 Å². The van der Waals surface area contributed by atoms with Crippen LogP contribution in [0.1, 0.15) is 23.0 Å². The number of anilines is 3. The molecule has 0 bridgehead atoms. The molecule has 2 aromatic carbocycles. The monoisotopic (exact) mass is 363 g/mol. The van der Waals surface area contributed by atoms with Gasteiger partial charge in [0.05, 0.1) is 11.9 Å². The average molecular weight is 364 g/mol. The van der Waals surface area contributed by atoms with Crippen molar-refractivity contribution in [2.75, 3.05) is 10.2 Å². The van der Waals surface area contributed by atoms with E-state index in [-0.39, 0.29) is 11.9 Å². The largest absolute Gasteiger partial charge is 0.354 e. The van der Waals surface area contributed by atoms with Gasteiger partial charge in [0.25, 0.3) is 5.91 Å². The van der Waals surface area contributed by atoms with Crippen LogP contribution in [-0.4, -0.2) is 16.9 Å². The number of halogens is 1. The first-order chi connectivity index (χ1) is 12.6. The van der Waals surface area contributed by atoms with Crippen molar-refractivity contribution in [3.05, 3.63) is 83.1 Å². The van der Waals surface area contributed by atoms with Gasteiger partial charge in [0.2, 0.25) is 0 Å². The van der Waals surface area contributed by atoms with E-state index in [1.54, 1.807) is 12.3 Å². The number of para-hydroxylation sites is 1. The number of rotatable bonds is 3. The summed E-state index contributed by atoms with van der Waals surface area (Å²) in [6.07, 6.45) is 2.55. The van der Waals surface area contributed by atoms with E-state index in [2.05, 4.69) is 23.3 Å². The van der Waals surface area contributed by atoms with Gasteiger partial charge < -0.3 is 10.2 Å². The molecule has 0 saturated heterocycles. The van der Waals surface area contributed by atoms with Gasteiger partial charge in [-0.2, -0.15) is 0 Å².